The van der Waals surface area contributed by atoms with Crippen LogP contribution >= 0.6 is 23.2 Å². The van der Waals surface area contributed by atoms with Crippen molar-refractivity contribution < 1.29 is 9.90 Å². The summed E-state index contributed by atoms with van der Waals surface area (Å²) in [6.07, 6.45) is 3.78. The van der Waals surface area contributed by atoms with Crippen molar-refractivity contribution in [3.8, 4) is 0 Å². The molecular weight excluding hydrogens is 369 g/mol. The molecule has 26 heavy (non-hydrogen) atoms. The number of halogens is 2. The molecule has 0 radical (unpaired) electrons. The third kappa shape index (κ3) is 2.30. The zero-order valence-corrected chi connectivity index (χ0v) is 15.6. The fourth-order valence-corrected chi connectivity index (χ4v) is 6.18. The Morgan fingerprint density at radius 1 is 1.00 bits per heavy atom. The van der Waals surface area contributed by atoms with Crippen LogP contribution in [-0.2, 0) is 0 Å². The van der Waals surface area contributed by atoms with Crippen molar-refractivity contribution in [2.24, 2.45) is 17.8 Å². The van der Waals surface area contributed by atoms with E-state index in [1.807, 2.05) is 24.3 Å². The third-order valence-corrected chi connectivity index (χ3v) is 7.30. The van der Waals surface area contributed by atoms with E-state index in [9.17, 15) is 9.90 Å². The quantitative estimate of drug-likeness (QED) is 0.665. The Morgan fingerprint density at radius 2 is 1.69 bits per heavy atom. The van der Waals surface area contributed by atoms with Crippen molar-refractivity contribution >= 4 is 34.9 Å². The van der Waals surface area contributed by atoms with Gasteiger partial charge in [0, 0.05) is 5.02 Å². The van der Waals surface area contributed by atoms with Gasteiger partial charge in [0.1, 0.15) is 0 Å². The van der Waals surface area contributed by atoms with Crippen molar-refractivity contribution in [2.75, 3.05) is 5.32 Å². The molecule has 3 nitrogen and oxygen atoms in total. The summed E-state index contributed by atoms with van der Waals surface area (Å²) in [7, 11) is 0. The van der Waals surface area contributed by atoms with E-state index in [-0.39, 0.29) is 6.04 Å². The van der Waals surface area contributed by atoms with Gasteiger partial charge < -0.3 is 10.4 Å². The minimum absolute atomic E-state index is 0.140. The summed E-state index contributed by atoms with van der Waals surface area (Å²) in [5, 5.41) is 14.3. The summed E-state index contributed by atoms with van der Waals surface area (Å²) in [4.78, 5) is 11.2. The second-order valence-corrected chi connectivity index (χ2v) is 8.62. The lowest BCUT2D eigenvalue weighted by Gasteiger charge is -2.44. The number of carboxylic acid groups (broad SMARTS) is 1. The molecule has 0 unspecified atom stereocenters. The van der Waals surface area contributed by atoms with Crippen LogP contribution in [0.4, 0.5) is 5.69 Å². The molecule has 5 heteroatoms. The van der Waals surface area contributed by atoms with Crippen LogP contribution in [0.5, 0.6) is 0 Å². The molecule has 2 N–H and O–H groups in total. The molecule has 0 amide bonds. The maximum absolute atomic E-state index is 11.2. The van der Waals surface area contributed by atoms with Gasteiger partial charge in [-0.2, -0.15) is 0 Å². The molecule has 2 aromatic rings. The minimum atomic E-state index is -0.897. The van der Waals surface area contributed by atoms with Gasteiger partial charge in [-0.1, -0.05) is 35.3 Å². The van der Waals surface area contributed by atoms with E-state index in [0.717, 1.165) is 16.3 Å². The monoisotopic (exact) mass is 387 g/mol. The number of hydrogen-bond acceptors (Lipinski definition) is 2. The molecule has 0 aromatic heterocycles. The number of rotatable bonds is 2. The number of carboxylic acids is 1. The van der Waals surface area contributed by atoms with Crippen molar-refractivity contribution in [3.63, 3.8) is 0 Å². The van der Waals surface area contributed by atoms with Gasteiger partial charge in [0.15, 0.2) is 0 Å². The molecule has 2 saturated carbocycles. The van der Waals surface area contributed by atoms with Gasteiger partial charge in [0.25, 0.3) is 0 Å². The summed E-state index contributed by atoms with van der Waals surface area (Å²) in [5.41, 5.74) is 3.59. The second-order valence-electron chi connectivity index (χ2n) is 7.80. The average Bonchev–Trinajstić information content (AvgIpc) is 3.26. The second kappa shape index (κ2) is 5.90. The molecule has 1 aliphatic heterocycles. The summed E-state index contributed by atoms with van der Waals surface area (Å²) in [5.74, 6) is 1.37. The van der Waals surface area contributed by atoms with Crippen molar-refractivity contribution in [1.29, 1.82) is 0 Å². The number of benzene rings is 2. The van der Waals surface area contributed by atoms with Crippen LogP contribution in [0.25, 0.3) is 0 Å². The van der Waals surface area contributed by atoms with Crippen LogP contribution < -0.4 is 5.32 Å². The Bertz CT molecular complexity index is 896. The lowest BCUT2D eigenvalue weighted by atomic mass is 9.68. The molecule has 0 saturated heterocycles. The average molecular weight is 388 g/mol. The van der Waals surface area contributed by atoms with E-state index in [2.05, 4.69) is 5.32 Å². The molecule has 2 aliphatic carbocycles. The normalized spacial score (nSPS) is 31.2. The highest BCUT2D eigenvalue weighted by Gasteiger charge is 2.54. The molecule has 2 aromatic carbocycles. The fraction of sp³-hybridized carbons (Fsp3) is 0.381. The molecule has 5 rings (SSSR count). The number of anilines is 1. The van der Waals surface area contributed by atoms with Crippen LogP contribution in [0.1, 0.15) is 52.7 Å². The number of nitrogens with one attached hydrogen (secondary N) is 1. The van der Waals surface area contributed by atoms with Crippen molar-refractivity contribution in [3.05, 3.63) is 63.1 Å². The van der Waals surface area contributed by atoms with E-state index in [4.69, 9.17) is 23.2 Å². The maximum Gasteiger partial charge on any atom is 0.335 e. The van der Waals surface area contributed by atoms with Crippen LogP contribution in [0.15, 0.2) is 36.4 Å². The van der Waals surface area contributed by atoms with Gasteiger partial charge in [0.05, 0.1) is 22.3 Å². The van der Waals surface area contributed by atoms with Gasteiger partial charge in [-0.3, -0.25) is 0 Å². The molecule has 2 bridgehead atoms. The highest BCUT2D eigenvalue weighted by Crippen LogP contribution is 2.65. The van der Waals surface area contributed by atoms with E-state index in [0.29, 0.717) is 34.3 Å². The smallest absolute Gasteiger partial charge is 0.335 e. The van der Waals surface area contributed by atoms with Gasteiger partial charge in [-0.05, 0) is 78.3 Å². The number of aromatic carboxylic acids is 1. The first-order valence-electron chi connectivity index (χ1n) is 9.12. The lowest BCUT2D eigenvalue weighted by molar-refractivity contribution is 0.0697. The Kier molecular flexibility index (Phi) is 3.74. The van der Waals surface area contributed by atoms with Crippen molar-refractivity contribution in [2.45, 2.75) is 31.2 Å². The van der Waals surface area contributed by atoms with Crippen LogP contribution in [-0.4, -0.2) is 11.1 Å². The number of hydrogen-bond donors (Lipinski definition) is 2. The zero-order chi connectivity index (χ0) is 18.0. The summed E-state index contributed by atoms with van der Waals surface area (Å²) in [6, 6.07) is 11.2. The van der Waals surface area contributed by atoms with Crippen LogP contribution in [0.2, 0.25) is 10.0 Å². The standard InChI is InChI=1S/C21H19Cl2NO2/c22-14-7-8-15(23)20-18(14)16-12-5-6-13(9-12)17(16)19(24-20)10-1-3-11(4-2-10)21(25)26/h1-4,7-8,12-13,16-17,19,24H,5-6,9H2,(H,25,26)/t12-,13-,16+,17+,19-/m0/s1. The Morgan fingerprint density at radius 3 is 2.42 bits per heavy atom. The molecule has 5 atom stereocenters. The predicted octanol–water partition coefficient (Wildman–Crippen LogP) is 5.99. The Balaban J connectivity index is 1.63. The molecule has 134 valence electrons. The minimum Gasteiger partial charge on any atom is -0.478 e. The Hall–Kier alpha value is -1.71. The van der Waals surface area contributed by atoms with Crippen molar-refractivity contribution in [1.82, 2.24) is 0 Å². The van der Waals surface area contributed by atoms with Crippen LogP contribution in [0.3, 0.4) is 0 Å². The highest BCUT2D eigenvalue weighted by atomic mass is 35.5. The summed E-state index contributed by atoms with van der Waals surface area (Å²) >= 11 is 13.1. The van der Waals surface area contributed by atoms with Gasteiger partial charge in [0.2, 0.25) is 0 Å². The SMILES string of the molecule is O=C(O)c1ccc([C@@H]2Nc3c(Cl)ccc(Cl)c3[C@@H]3[C@H]4CC[C@@H](C4)[C@H]32)cc1. The van der Waals surface area contributed by atoms with Gasteiger partial charge in [-0.15, -0.1) is 0 Å². The molecule has 1 heterocycles. The Labute approximate surface area is 162 Å². The number of fused-ring (bicyclic) bond motifs is 7. The molecular formula is C21H19Cl2NO2. The molecule has 3 aliphatic rings. The molecule has 2 fully saturated rings. The largest absolute Gasteiger partial charge is 0.478 e. The fourth-order valence-electron chi connectivity index (χ4n) is 5.67. The zero-order valence-electron chi connectivity index (χ0n) is 14.1. The van der Waals surface area contributed by atoms with E-state index in [1.165, 1.54) is 24.8 Å². The summed E-state index contributed by atoms with van der Waals surface area (Å²) in [6.45, 7) is 0. The first-order valence-corrected chi connectivity index (χ1v) is 9.88. The van der Waals surface area contributed by atoms with Gasteiger partial charge in [-0.25, -0.2) is 4.79 Å². The van der Waals surface area contributed by atoms with E-state index in [1.54, 1.807) is 12.1 Å². The highest BCUT2D eigenvalue weighted by molar-refractivity contribution is 6.36. The molecule has 0 spiro atoms. The lowest BCUT2D eigenvalue weighted by Crippen LogP contribution is -2.35. The maximum atomic E-state index is 11.2. The van der Waals surface area contributed by atoms with E-state index < -0.39 is 5.97 Å². The van der Waals surface area contributed by atoms with Gasteiger partial charge >= 0.3 is 5.97 Å². The summed E-state index contributed by atoms with van der Waals surface area (Å²) < 4.78 is 0. The number of carbonyl (C=O) groups is 1. The first kappa shape index (κ1) is 16.5. The third-order valence-electron chi connectivity index (χ3n) is 6.66. The first-order chi connectivity index (χ1) is 12.5. The topological polar surface area (TPSA) is 49.3 Å². The predicted molar refractivity (Wildman–Crippen MR) is 103 cm³/mol. The van der Waals surface area contributed by atoms with Crippen LogP contribution in [0, 0.1) is 17.8 Å². The van der Waals surface area contributed by atoms with E-state index >= 15 is 0 Å².